The lowest BCUT2D eigenvalue weighted by molar-refractivity contribution is -0.137. The van der Waals surface area contributed by atoms with E-state index in [1.807, 2.05) is 22.9 Å². The minimum atomic E-state index is -0.308. The van der Waals surface area contributed by atoms with Gasteiger partial charge in [-0.25, -0.2) is 4.98 Å². The fourth-order valence-corrected chi connectivity index (χ4v) is 5.58. The minimum absolute atomic E-state index is 0.0941. The number of hydrogen-bond donors (Lipinski definition) is 0. The Bertz CT molecular complexity index is 1000. The van der Waals surface area contributed by atoms with Crippen LogP contribution in [-0.4, -0.2) is 27.4 Å². The van der Waals surface area contributed by atoms with Gasteiger partial charge < -0.3 is 4.74 Å². The van der Waals surface area contributed by atoms with Gasteiger partial charge in [-0.05, 0) is 11.4 Å². The van der Waals surface area contributed by atoms with Gasteiger partial charge in [0.2, 0.25) is 0 Å². The van der Waals surface area contributed by atoms with Crippen molar-refractivity contribution in [2.24, 2.45) is 0 Å². The minimum Gasteiger partial charge on any atom is -0.465 e. The quantitative estimate of drug-likeness (QED) is 0.377. The third-order valence-corrected chi connectivity index (χ3v) is 6.90. The molecule has 25 heavy (non-hydrogen) atoms. The molecule has 1 fully saturated rings. The highest BCUT2D eigenvalue weighted by molar-refractivity contribution is 8.00. The number of cyclic esters (lactones) is 1. The van der Waals surface area contributed by atoms with Gasteiger partial charge in [0.1, 0.15) is 10.1 Å². The Morgan fingerprint density at radius 2 is 2.32 bits per heavy atom. The van der Waals surface area contributed by atoms with Crippen molar-refractivity contribution in [1.29, 1.82) is 0 Å². The predicted octanol–water partition coefficient (Wildman–Crippen LogP) is 3.78. The average Bonchev–Trinajstić information content (AvgIpc) is 3.32. The molecule has 128 valence electrons. The van der Waals surface area contributed by atoms with Gasteiger partial charge in [0.25, 0.3) is 5.56 Å². The van der Waals surface area contributed by atoms with E-state index in [9.17, 15) is 9.59 Å². The summed E-state index contributed by atoms with van der Waals surface area (Å²) in [6.07, 6.45) is 2.31. The van der Waals surface area contributed by atoms with Gasteiger partial charge in [-0.3, -0.25) is 14.2 Å². The van der Waals surface area contributed by atoms with E-state index in [1.165, 1.54) is 23.1 Å². The Balaban J connectivity index is 1.86. The standard InChI is InChI=1S/C17H14N2O3S3/c1-2-6-19-15(20)13-10(11-4-3-8-23-11)9-24-14(13)18-17(19)25-12-5-7-22-16(12)21/h2-4,8-9,12H,1,5-7H2/t12-/m1/s1. The molecule has 0 aliphatic carbocycles. The second kappa shape index (κ2) is 6.78. The molecule has 3 aromatic rings. The maximum atomic E-state index is 13.1. The molecule has 1 saturated heterocycles. The Kier molecular flexibility index (Phi) is 4.49. The summed E-state index contributed by atoms with van der Waals surface area (Å²) in [4.78, 5) is 31.3. The summed E-state index contributed by atoms with van der Waals surface area (Å²) in [7, 11) is 0. The zero-order valence-corrected chi connectivity index (χ0v) is 15.6. The van der Waals surface area contributed by atoms with E-state index in [-0.39, 0.29) is 16.8 Å². The first-order valence-electron chi connectivity index (χ1n) is 7.69. The second-order valence-electron chi connectivity index (χ2n) is 5.47. The first-order chi connectivity index (χ1) is 12.2. The fourth-order valence-electron chi connectivity index (χ4n) is 2.71. The van der Waals surface area contributed by atoms with Crippen molar-refractivity contribution >= 4 is 50.6 Å². The van der Waals surface area contributed by atoms with Crippen molar-refractivity contribution in [3.05, 3.63) is 45.9 Å². The Morgan fingerprint density at radius 1 is 1.44 bits per heavy atom. The maximum absolute atomic E-state index is 13.1. The molecule has 1 atom stereocenters. The van der Waals surface area contributed by atoms with Crippen LogP contribution in [0.1, 0.15) is 6.42 Å². The van der Waals surface area contributed by atoms with E-state index < -0.39 is 0 Å². The topological polar surface area (TPSA) is 61.2 Å². The third-order valence-electron chi connectivity index (χ3n) is 3.89. The first-order valence-corrected chi connectivity index (χ1v) is 10.3. The monoisotopic (exact) mass is 390 g/mol. The molecule has 1 aliphatic heterocycles. The van der Waals surface area contributed by atoms with Gasteiger partial charge in [-0.15, -0.1) is 29.3 Å². The largest absolute Gasteiger partial charge is 0.465 e. The third kappa shape index (κ3) is 2.94. The van der Waals surface area contributed by atoms with E-state index >= 15 is 0 Å². The molecule has 0 unspecified atom stereocenters. The summed E-state index contributed by atoms with van der Waals surface area (Å²) in [5, 5.41) is 4.83. The Labute approximate surface area is 156 Å². The van der Waals surface area contributed by atoms with Crippen LogP contribution in [0.5, 0.6) is 0 Å². The van der Waals surface area contributed by atoms with Crippen LogP contribution >= 0.6 is 34.4 Å². The molecule has 0 radical (unpaired) electrons. The van der Waals surface area contributed by atoms with Crippen LogP contribution < -0.4 is 5.56 Å². The molecule has 4 rings (SSSR count). The molecular weight excluding hydrogens is 376 g/mol. The molecule has 0 saturated carbocycles. The molecule has 5 nitrogen and oxygen atoms in total. The molecule has 4 heterocycles. The van der Waals surface area contributed by atoms with Crippen molar-refractivity contribution in [3.8, 4) is 10.4 Å². The van der Waals surface area contributed by atoms with E-state index in [0.717, 1.165) is 10.4 Å². The van der Waals surface area contributed by atoms with Crippen molar-refractivity contribution in [2.45, 2.75) is 23.4 Å². The lowest BCUT2D eigenvalue weighted by atomic mass is 10.2. The van der Waals surface area contributed by atoms with Crippen molar-refractivity contribution < 1.29 is 9.53 Å². The van der Waals surface area contributed by atoms with Gasteiger partial charge in [-0.2, -0.15) is 0 Å². The smallest absolute Gasteiger partial charge is 0.319 e. The van der Waals surface area contributed by atoms with Crippen molar-refractivity contribution in [3.63, 3.8) is 0 Å². The van der Waals surface area contributed by atoms with Crippen LogP contribution in [0.2, 0.25) is 0 Å². The first kappa shape index (κ1) is 16.6. The number of fused-ring (bicyclic) bond motifs is 1. The van der Waals surface area contributed by atoms with Gasteiger partial charge in [0.15, 0.2) is 5.16 Å². The highest BCUT2D eigenvalue weighted by atomic mass is 32.2. The lowest BCUT2D eigenvalue weighted by Crippen LogP contribution is -2.24. The molecule has 0 spiro atoms. The van der Waals surface area contributed by atoms with Crippen LogP contribution in [-0.2, 0) is 16.1 Å². The normalized spacial score (nSPS) is 17.1. The number of thioether (sulfide) groups is 1. The zero-order chi connectivity index (χ0) is 17.4. The number of thiophene rings is 2. The number of hydrogen-bond acceptors (Lipinski definition) is 7. The van der Waals surface area contributed by atoms with E-state index in [0.29, 0.717) is 34.9 Å². The molecule has 3 aromatic heterocycles. The lowest BCUT2D eigenvalue weighted by Gasteiger charge is -2.12. The fraction of sp³-hybridized carbons (Fsp3) is 0.235. The average molecular weight is 391 g/mol. The van der Waals surface area contributed by atoms with Crippen LogP contribution in [0.15, 0.2) is 45.5 Å². The zero-order valence-electron chi connectivity index (χ0n) is 13.1. The molecule has 0 bridgehead atoms. The summed E-state index contributed by atoms with van der Waals surface area (Å²) < 4.78 is 6.61. The Hall–Kier alpha value is -1.90. The Morgan fingerprint density at radius 3 is 3.00 bits per heavy atom. The number of carbonyl (C=O) groups excluding carboxylic acids is 1. The summed E-state index contributed by atoms with van der Waals surface area (Å²) in [5.41, 5.74) is 0.825. The molecule has 0 N–H and O–H groups in total. The molecular formula is C17H14N2O3S3. The number of aromatic nitrogens is 2. The van der Waals surface area contributed by atoms with Crippen LogP contribution in [0, 0.1) is 0 Å². The summed E-state index contributed by atoms with van der Waals surface area (Å²) in [6.45, 7) is 4.52. The number of nitrogens with zero attached hydrogens (tertiary/aromatic N) is 2. The van der Waals surface area contributed by atoms with Gasteiger partial charge in [-0.1, -0.05) is 23.9 Å². The summed E-state index contributed by atoms with van der Waals surface area (Å²) in [5.74, 6) is -0.241. The van der Waals surface area contributed by atoms with Gasteiger partial charge in [0.05, 0.1) is 12.0 Å². The van der Waals surface area contributed by atoms with Crippen LogP contribution in [0.4, 0.5) is 0 Å². The number of esters is 1. The molecule has 0 aromatic carbocycles. The van der Waals surface area contributed by atoms with E-state index in [2.05, 4.69) is 11.6 Å². The van der Waals surface area contributed by atoms with Gasteiger partial charge >= 0.3 is 5.97 Å². The number of rotatable bonds is 5. The van der Waals surface area contributed by atoms with Crippen LogP contribution in [0.3, 0.4) is 0 Å². The summed E-state index contributed by atoms with van der Waals surface area (Å²) in [6, 6.07) is 3.97. The van der Waals surface area contributed by atoms with E-state index in [1.54, 1.807) is 22.0 Å². The molecule has 0 amide bonds. The number of ether oxygens (including phenoxy) is 1. The molecule has 8 heteroatoms. The predicted molar refractivity (Wildman–Crippen MR) is 103 cm³/mol. The SMILES string of the molecule is C=CCn1c(S[C@@H]2CCOC2=O)nc2scc(-c3cccs3)c2c1=O. The van der Waals surface area contributed by atoms with Crippen molar-refractivity contribution in [2.75, 3.05) is 6.61 Å². The van der Waals surface area contributed by atoms with E-state index in [4.69, 9.17) is 4.74 Å². The highest BCUT2D eigenvalue weighted by Crippen LogP contribution is 2.35. The van der Waals surface area contributed by atoms with Crippen molar-refractivity contribution in [1.82, 2.24) is 9.55 Å². The number of allylic oxidation sites excluding steroid dienone is 1. The number of carbonyl (C=O) groups is 1. The molecule has 1 aliphatic rings. The highest BCUT2D eigenvalue weighted by Gasteiger charge is 2.30. The maximum Gasteiger partial charge on any atom is 0.319 e. The second-order valence-corrected chi connectivity index (χ2v) is 8.44. The van der Waals surface area contributed by atoms with Gasteiger partial charge in [0, 0.05) is 28.8 Å². The summed E-state index contributed by atoms with van der Waals surface area (Å²) >= 11 is 4.35. The van der Waals surface area contributed by atoms with Crippen LogP contribution in [0.25, 0.3) is 20.7 Å².